The fourth-order valence-electron chi connectivity index (χ4n) is 2.62. The predicted octanol–water partition coefficient (Wildman–Crippen LogP) is 5.68. The van der Waals surface area contributed by atoms with Gasteiger partial charge in [0.05, 0.1) is 0 Å². The number of aryl methyl sites for hydroxylation is 1. The molecule has 0 fully saturated rings. The van der Waals surface area contributed by atoms with Crippen molar-refractivity contribution in [3.05, 3.63) is 70.8 Å². The van der Waals surface area contributed by atoms with Crippen LogP contribution in [0.3, 0.4) is 0 Å². The molecule has 0 spiro atoms. The van der Waals surface area contributed by atoms with Crippen molar-refractivity contribution < 1.29 is 0 Å². The Hall–Kier alpha value is -1.27. The van der Waals surface area contributed by atoms with Gasteiger partial charge in [-0.3, -0.25) is 0 Å². The molecule has 20 heavy (non-hydrogen) atoms. The minimum absolute atomic E-state index is 0.391. The molecule has 0 aromatic heterocycles. The summed E-state index contributed by atoms with van der Waals surface area (Å²) in [6, 6.07) is 17.5. The summed E-state index contributed by atoms with van der Waals surface area (Å²) >= 11 is 6.21. The first-order valence-corrected chi connectivity index (χ1v) is 7.85. The van der Waals surface area contributed by atoms with Crippen LogP contribution < -0.4 is 0 Å². The van der Waals surface area contributed by atoms with Crippen LogP contribution >= 0.6 is 11.6 Å². The largest absolute Gasteiger partial charge is 0.126 e. The standard InChI is InChI=1S/C19H23Cl/c1-14(2)17-10-8-16(9-11-17)12-18(13-20)19-7-5-4-6-15(19)3/h4-11,14,18H,12-13H2,1-3H3. The first kappa shape index (κ1) is 15.1. The van der Waals surface area contributed by atoms with Gasteiger partial charge in [-0.25, -0.2) is 0 Å². The molecule has 0 nitrogen and oxygen atoms in total. The van der Waals surface area contributed by atoms with Gasteiger partial charge in [-0.15, -0.1) is 11.6 Å². The van der Waals surface area contributed by atoms with Gasteiger partial charge in [0, 0.05) is 11.8 Å². The highest BCUT2D eigenvalue weighted by atomic mass is 35.5. The van der Waals surface area contributed by atoms with Gasteiger partial charge in [-0.1, -0.05) is 62.4 Å². The van der Waals surface area contributed by atoms with Crippen LogP contribution in [-0.2, 0) is 6.42 Å². The van der Waals surface area contributed by atoms with Crippen LogP contribution in [-0.4, -0.2) is 5.88 Å². The SMILES string of the molecule is Cc1ccccc1C(CCl)Cc1ccc(C(C)C)cc1. The number of rotatable bonds is 5. The molecule has 0 N–H and O–H groups in total. The average molecular weight is 287 g/mol. The summed E-state index contributed by atoms with van der Waals surface area (Å²) in [6.07, 6.45) is 1.01. The van der Waals surface area contributed by atoms with E-state index in [1.807, 2.05) is 0 Å². The lowest BCUT2D eigenvalue weighted by molar-refractivity contribution is 0.758. The van der Waals surface area contributed by atoms with E-state index in [4.69, 9.17) is 11.6 Å². The number of alkyl halides is 1. The summed E-state index contributed by atoms with van der Waals surface area (Å²) in [4.78, 5) is 0. The van der Waals surface area contributed by atoms with E-state index in [1.54, 1.807) is 0 Å². The van der Waals surface area contributed by atoms with E-state index < -0.39 is 0 Å². The average Bonchev–Trinajstić information content (AvgIpc) is 2.46. The second-order valence-electron chi connectivity index (χ2n) is 5.81. The molecule has 2 rings (SSSR count). The van der Waals surface area contributed by atoms with Crippen LogP contribution in [0.1, 0.15) is 47.9 Å². The van der Waals surface area contributed by atoms with Crippen molar-refractivity contribution in [2.75, 3.05) is 5.88 Å². The number of hydrogen-bond acceptors (Lipinski definition) is 0. The molecule has 2 aromatic carbocycles. The molecule has 0 saturated heterocycles. The summed E-state index contributed by atoms with van der Waals surface area (Å²) in [6.45, 7) is 6.62. The summed E-state index contributed by atoms with van der Waals surface area (Å²) in [5.41, 5.74) is 5.46. The Bertz CT molecular complexity index is 540. The molecule has 0 heterocycles. The third kappa shape index (κ3) is 3.64. The van der Waals surface area contributed by atoms with Crippen molar-refractivity contribution in [1.29, 1.82) is 0 Å². The van der Waals surface area contributed by atoms with Crippen LogP contribution in [0.4, 0.5) is 0 Å². The lowest BCUT2D eigenvalue weighted by atomic mass is 9.90. The predicted molar refractivity (Wildman–Crippen MR) is 88.9 cm³/mol. The van der Waals surface area contributed by atoms with Crippen molar-refractivity contribution in [3.63, 3.8) is 0 Å². The second-order valence-corrected chi connectivity index (χ2v) is 6.12. The van der Waals surface area contributed by atoms with Gasteiger partial charge in [0.1, 0.15) is 0 Å². The maximum atomic E-state index is 6.21. The molecule has 2 aromatic rings. The highest BCUT2D eigenvalue weighted by molar-refractivity contribution is 6.18. The number of hydrogen-bond donors (Lipinski definition) is 0. The van der Waals surface area contributed by atoms with Gasteiger partial charge in [-0.05, 0) is 41.5 Å². The Morgan fingerprint density at radius 3 is 2.15 bits per heavy atom. The minimum Gasteiger partial charge on any atom is -0.126 e. The van der Waals surface area contributed by atoms with Gasteiger partial charge >= 0.3 is 0 Å². The van der Waals surface area contributed by atoms with Gasteiger partial charge in [0.2, 0.25) is 0 Å². The van der Waals surface area contributed by atoms with Crippen molar-refractivity contribution in [3.8, 4) is 0 Å². The normalized spacial score (nSPS) is 12.7. The van der Waals surface area contributed by atoms with E-state index in [0.717, 1.165) is 6.42 Å². The molecule has 0 bridgehead atoms. The Labute approximate surface area is 127 Å². The van der Waals surface area contributed by atoms with Crippen molar-refractivity contribution in [1.82, 2.24) is 0 Å². The Morgan fingerprint density at radius 2 is 1.60 bits per heavy atom. The van der Waals surface area contributed by atoms with Crippen molar-refractivity contribution >= 4 is 11.6 Å². The van der Waals surface area contributed by atoms with Crippen LogP contribution in [0.2, 0.25) is 0 Å². The molecule has 1 atom stereocenters. The van der Waals surface area contributed by atoms with Crippen LogP contribution in [0.15, 0.2) is 48.5 Å². The van der Waals surface area contributed by atoms with E-state index in [1.165, 1.54) is 22.3 Å². The van der Waals surface area contributed by atoms with E-state index in [0.29, 0.717) is 17.7 Å². The molecule has 0 aliphatic carbocycles. The van der Waals surface area contributed by atoms with Gasteiger partial charge in [0.25, 0.3) is 0 Å². The Balaban J connectivity index is 2.16. The maximum absolute atomic E-state index is 6.21. The Morgan fingerprint density at radius 1 is 0.950 bits per heavy atom. The van der Waals surface area contributed by atoms with Crippen molar-refractivity contribution in [2.24, 2.45) is 0 Å². The van der Waals surface area contributed by atoms with Crippen LogP contribution in [0, 0.1) is 6.92 Å². The third-order valence-corrected chi connectivity index (χ3v) is 4.32. The van der Waals surface area contributed by atoms with E-state index >= 15 is 0 Å². The monoisotopic (exact) mass is 286 g/mol. The fourth-order valence-corrected chi connectivity index (χ4v) is 2.89. The van der Waals surface area contributed by atoms with Gasteiger partial charge in [-0.2, -0.15) is 0 Å². The smallest absolute Gasteiger partial charge is 0.0295 e. The Kier molecular flexibility index (Phi) is 5.25. The van der Waals surface area contributed by atoms with Gasteiger partial charge in [0.15, 0.2) is 0 Å². The summed E-state index contributed by atoms with van der Waals surface area (Å²) in [5.74, 6) is 1.64. The molecule has 0 aliphatic heterocycles. The lowest BCUT2D eigenvalue weighted by Crippen LogP contribution is -2.06. The van der Waals surface area contributed by atoms with Crippen molar-refractivity contribution in [2.45, 2.75) is 39.0 Å². The zero-order valence-corrected chi connectivity index (χ0v) is 13.3. The highest BCUT2D eigenvalue weighted by Crippen LogP contribution is 2.26. The maximum Gasteiger partial charge on any atom is 0.0295 e. The lowest BCUT2D eigenvalue weighted by Gasteiger charge is -2.17. The third-order valence-electron chi connectivity index (χ3n) is 3.94. The topological polar surface area (TPSA) is 0 Å². The molecule has 0 aliphatic rings. The second kappa shape index (κ2) is 6.95. The number of halogens is 1. The molecule has 106 valence electrons. The molecule has 0 amide bonds. The zero-order chi connectivity index (χ0) is 14.5. The van der Waals surface area contributed by atoms with E-state index in [2.05, 4.69) is 69.3 Å². The highest BCUT2D eigenvalue weighted by Gasteiger charge is 2.13. The summed E-state index contributed by atoms with van der Waals surface area (Å²) in [5, 5.41) is 0. The molecule has 1 heteroatoms. The molecular weight excluding hydrogens is 264 g/mol. The number of benzene rings is 2. The van der Waals surface area contributed by atoms with Crippen LogP contribution in [0.25, 0.3) is 0 Å². The molecule has 1 unspecified atom stereocenters. The van der Waals surface area contributed by atoms with E-state index in [-0.39, 0.29) is 0 Å². The fraction of sp³-hybridized carbons (Fsp3) is 0.368. The summed E-state index contributed by atoms with van der Waals surface area (Å²) < 4.78 is 0. The quantitative estimate of drug-likeness (QED) is 0.620. The summed E-state index contributed by atoms with van der Waals surface area (Å²) in [7, 11) is 0. The first-order valence-electron chi connectivity index (χ1n) is 7.32. The molecule has 0 radical (unpaired) electrons. The minimum atomic E-state index is 0.391. The molecular formula is C19H23Cl. The molecule has 0 saturated carbocycles. The van der Waals surface area contributed by atoms with E-state index in [9.17, 15) is 0 Å². The first-order chi connectivity index (χ1) is 9.61. The van der Waals surface area contributed by atoms with Crippen LogP contribution in [0.5, 0.6) is 0 Å². The zero-order valence-electron chi connectivity index (χ0n) is 12.6. The van der Waals surface area contributed by atoms with Gasteiger partial charge < -0.3 is 0 Å².